The Balaban J connectivity index is 4.11. The van der Waals surface area contributed by atoms with E-state index in [4.69, 9.17) is 0 Å². The summed E-state index contributed by atoms with van der Waals surface area (Å²) in [5.74, 6) is 0. The third-order valence-electron chi connectivity index (χ3n) is 1.03. The van der Waals surface area contributed by atoms with E-state index < -0.39 is 0 Å². The van der Waals surface area contributed by atoms with Crippen LogP contribution in [0.4, 0.5) is 0 Å². The molecule has 0 bridgehead atoms. The number of aliphatic imine (C=N–C) groups is 2. The fraction of sp³-hybridized carbons (Fsp3) is 0.500. The van der Waals surface area contributed by atoms with Gasteiger partial charge in [-0.25, -0.2) is 0 Å². The zero-order valence-electron chi connectivity index (χ0n) is 7.39. The van der Waals surface area contributed by atoms with Gasteiger partial charge in [-0.15, -0.1) is 0 Å². The Morgan fingerprint density at radius 2 is 2.18 bits per heavy atom. The molecule has 0 heterocycles. The summed E-state index contributed by atoms with van der Waals surface area (Å²) in [4.78, 5) is 7.89. The highest BCUT2D eigenvalue weighted by atomic mass is 14.9. The van der Waals surface area contributed by atoms with Crippen LogP contribution in [0.3, 0.4) is 0 Å². The van der Waals surface area contributed by atoms with Gasteiger partial charge in [0.05, 0.1) is 5.70 Å². The van der Waals surface area contributed by atoms with E-state index in [-0.39, 0.29) is 0 Å². The molecule has 0 aliphatic rings. The highest BCUT2D eigenvalue weighted by molar-refractivity contribution is 5.79. The molecule has 1 N–H and O–H groups in total. The number of likely N-dealkylation sites (N-methyl/N-ethyl adjacent to an activating group) is 1. The van der Waals surface area contributed by atoms with Crippen molar-refractivity contribution in [3.05, 3.63) is 11.9 Å². The minimum Gasteiger partial charge on any atom is -0.314 e. The third-order valence-corrected chi connectivity index (χ3v) is 1.03. The lowest BCUT2D eigenvalue weighted by Crippen LogP contribution is -2.08. The van der Waals surface area contributed by atoms with Crippen molar-refractivity contribution >= 4 is 12.4 Å². The maximum Gasteiger partial charge on any atom is 0.0716 e. The third kappa shape index (κ3) is 5.48. The van der Waals surface area contributed by atoms with Gasteiger partial charge in [0, 0.05) is 18.5 Å². The Morgan fingerprint density at radius 1 is 1.55 bits per heavy atom. The molecule has 0 unspecified atom stereocenters. The summed E-state index contributed by atoms with van der Waals surface area (Å²) < 4.78 is 0. The van der Waals surface area contributed by atoms with Crippen LogP contribution in [0.1, 0.15) is 13.8 Å². The van der Waals surface area contributed by atoms with Gasteiger partial charge in [-0.2, -0.15) is 0 Å². The van der Waals surface area contributed by atoms with Crippen LogP contribution in [0.2, 0.25) is 0 Å². The van der Waals surface area contributed by atoms with Crippen LogP contribution >= 0.6 is 0 Å². The van der Waals surface area contributed by atoms with Crippen LogP contribution < -0.4 is 5.32 Å². The number of hydrogen-bond acceptors (Lipinski definition) is 3. The SMILES string of the molecule is C=N/C(=C\N=C(C)C)CNC. The monoisotopic (exact) mass is 153 g/mol. The Labute approximate surface area is 67.9 Å². The van der Waals surface area contributed by atoms with Crippen LogP contribution in [0, 0.1) is 0 Å². The zero-order valence-corrected chi connectivity index (χ0v) is 7.39. The molecule has 0 saturated heterocycles. The van der Waals surface area contributed by atoms with E-state index in [1.54, 1.807) is 6.20 Å². The molecule has 62 valence electrons. The van der Waals surface area contributed by atoms with Gasteiger partial charge in [0.25, 0.3) is 0 Å². The highest BCUT2D eigenvalue weighted by Crippen LogP contribution is 1.93. The predicted molar refractivity (Wildman–Crippen MR) is 50.3 cm³/mol. The first kappa shape index (κ1) is 10.0. The van der Waals surface area contributed by atoms with Crippen molar-refractivity contribution in [3.8, 4) is 0 Å². The molecule has 0 aliphatic heterocycles. The lowest BCUT2D eigenvalue weighted by atomic mass is 10.4. The maximum atomic E-state index is 4.10. The van der Waals surface area contributed by atoms with Gasteiger partial charge >= 0.3 is 0 Å². The lowest BCUT2D eigenvalue weighted by molar-refractivity contribution is 0.869. The number of nitrogens with one attached hydrogen (secondary N) is 1. The summed E-state index contributed by atoms with van der Waals surface area (Å²) in [5.41, 5.74) is 1.87. The van der Waals surface area contributed by atoms with Gasteiger partial charge in [0.2, 0.25) is 0 Å². The highest BCUT2D eigenvalue weighted by Gasteiger charge is 1.87. The Bertz CT molecular complexity index is 176. The lowest BCUT2D eigenvalue weighted by Gasteiger charge is -1.96. The molecule has 0 aromatic carbocycles. The Hall–Kier alpha value is -0.960. The van der Waals surface area contributed by atoms with Gasteiger partial charge in [0.1, 0.15) is 0 Å². The van der Waals surface area contributed by atoms with Crippen LogP contribution in [0.15, 0.2) is 21.9 Å². The molecule has 0 radical (unpaired) electrons. The van der Waals surface area contributed by atoms with E-state index in [0.717, 1.165) is 11.4 Å². The molecule has 3 heteroatoms. The van der Waals surface area contributed by atoms with Crippen molar-refractivity contribution in [2.75, 3.05) is 13.6 Å². The van der Waals surface area contributed by atoms with Gasteiger partial charge in [0.15, 0.2) is 0 Å². The van der Waals surface area contributed by atoms with Crippen LogP contribution in [0.25, 0.3) is 0 Å². The molecular formula is C8H15N3. The molecule has 0 rings (SSSR count). The maximum absolute atomic E-state index is 4.10. The summed E-state index contributed by atoms with van der Waals surface area (Å²) in [5, 5.41) is 2.97. The smallest absolute Gasteiger partial charge is 0.0716 e. The van der Waals surface area contributed by atoms with E-state index >= 15 is 0 Å². The second kappa shape index (κ2) is 5.80. The number of nitrogens with zero attached hydrogens (tertiary/aromatic N) is 2. The standard InChI is InChI=1S/C8H15N3/c1-7(2)11-6-8(10-4)5-9-3/h6,9H,4-5H2,1-3H3/b8-6-. The van der Waals surface area contributed by atoms with Crippen LogP contribution in [-0.2, 0) is 0 Å². The molecule has 11 heavy (non-hydrogen) atoms. The van der Waals surface area contributed by atoms with Crippen molar-refractivity contribution in [1.82, 2.24) is 5.32 Å². The van der Waals surface area contributed by atoms with Crippen LogP contribution in [0.5, 0.6) is 0 Å². The second-order valence-corrected chi connectivity index (χ2v) is 2.39. The van der Waals surface area contributed by atoms with Crippen molar-refractivity contribution in [1.29, 1.82) is 0 Å². The molecule has 0 fully saturated rings. The van der Waals surface area contributed by atoms with Crippen molar-refractivity contribution < 1.29 is 0 Å². The topological polar surface area (TPSA) is 36.8 Å². The molecule has 0 aliphatic carbocycles. The molecular weight excluding hydrogens is 138 g/mol. The number of hydrogen-bond donors (Lipinski definition) is 1. The first-order valence-corrected chi connectivity index (χ1v) is 3.52. The molecule has 0 atom stereocenters. The molecule has 0 spiro atoms. The fourth-order valence-electron chi connectivity index (χ4n) is 0.527. The molecule has 3 nitrogen and oxygen atoms in total. The Morgan fingerprint density at radius 3 is 2.55 bits per heavy atom. The average molecular weight is 153 g/mol. The molecule has 0 saturated carbocycles. The van der Waals surface area contributed by atoms with Crippen molar-refractivity contribution in [2.45, 2.75) is 13.8 Å². The van der Waals surface area contributed by atoms with E-state index in [2.05, 4.69) is 22.0 Å². The minimum absolute atomic E-state index is 0.709. The van der Waals surface area contributed by atoms with Gasteiger partial charge in [-0.3, -0.25) is 9.98 Å². The van der Waals surface area contributed by atoms with Gasteiger partial charge < -0.3 is 5.32 Å². The summed E-state index contributed by atoms with van der Waals surface area (Å²) >= 11 is 0. The average Bonchev–Trinajstić information content (AvgIpc) is 1.97. The van der Waals surface area contributed by atoms with Gasteiger partial charge in [-0.1, -0.05) is 0 Å². The van der Waals surface area contributed by atoms with E-state index in [0.29, 0.717) is 6.54 Å². The van der Waals surface area contributed by atoms with E-state index in [1.165, 1.54) is 0 Å². The second-order valence-electron chi connectivity index (χ2n) is 2.39. The fourth-order valence-corrected chi connectivity index (χ4v) is 0.527. The van der Waals surface area contributed by atoms with E-state index in [9.17, 15) is 0 Å². The summed E-state index contributed by atoms with van der Waals surface area (Å²) in [6, 6.07) is 0. The zero-order chi connectivity index (χ0) is 8.69. The largest absolute Gasteiger partial charge is 0.314 e. The first-order chi connectivity index (χ1) is 5.20. The minimum atomic E-state index is 0.709. The first-order valence-electron chi connectivity index (χ1n) is 3.52. The van der Waals surface area contributed by atoms with E-state index in [1.807, 2.05) is 20.9 Å². The Kier molecular flexibility index (Phi) is 5.29. The van der Waals surface area contributed by atoms with Crippen LogP contribution in [-0.4, -0.2) is 26.0 Å². The predicted octanol–water partition coefficient (Wildman–Crippen LogP) is 1.23. The number of rotatable bonds is 4. The summed E-state index contributed by atoms with van der Waals surface area (Å²) in [6.07, 6.45) is 1.72. The summed E-state index contributed by atoms with van der Waals surface area (Å²) in [6.45, 7) is 8.02. The van der Waals surface area contributed by atoms with Gasteiger partial charge in [-0.05, 0) is 27.6 Å². The molecule has 0 amide bonds. The summed E-state index contributed by atoms with van der Waals surface area (Å²) in [7, 11) is 1.86. The molecule has 0 aromatic heterocycles. The van der Waals surface area contributed by atoms with Crippen molar-refractivity contribution in [3.63, 3.8) is 0 Å². The normalized spacial score (nSPS) is 11.0. The quantitative estimate of drug-likeness (QED) is 0.606. The molecule has 0 aromatic rings. The van der Waals surface area contributed by atoms with Crippen molar-refractivity contribution in [2.24, 2.45) is 9.98 Å².